The number of sulfone groups is 1. The standard InChI is InChI=1S/C13H20N2O3S.ClH/c1-2-19(17,18)9-8-15-13(16)12(10-14)11-6-4-3-5-7-11;/h3-7,12H,2,8-10,14H2,1H3,(H,15,16);1H. The smallest absolute Gasteiger partial charge is 0.228 e. The molecule has 20 heavy (non-hydrogen) atoms. The number of benzene rings is 1. The maximum atomic E-state index is 12.0. The Bertz CT molecular complexity index is 506. The van der Waals surface area contributed by atoms with Gasteiger partial charge in [-0.3, -0.25) is 4.79 Å². The molecule has 1 aromatic carbocycles. The van der Waals surface area contributed by atoms with Crippen LogP contribution in [0.1, 0.15) is 18.4 Å². The topological polar surface area (TPSA) is 89.3 Å². The lowest BCUT2D eigenvalue weighted by molar-refractivity contribution is -0.122. The Balaban J connectivity index is 0.00000361. The lowest BCUT2D eigenvalue weighted by atomic mass is 9.98. The van der Waals surface area contributed by atoms with Crippen LogP contribution in [-0.2, 0) is 14.6 Å². The van der Waals surface area contributed by atoms with Gasteiger partial charge in [0.1, 0.15) is 0 Å². The van der Waals surface area contributed by atoms with Gasteiger partial charge in [0.2, 0.25) is 5.91 Å². The van der Waals surface area contributed by atoms with Crippen LogP contribution in [-0.4, -0.2) is 38.9 Å². The summed E-state index contributed by atoms with van der Waals surface area (Å²) in [6.45, 7) is 1.90. The molecule has 0 aliphatic carbocycles. The first-order valence-corrected chi connectivity index (χ1v) is 8.05. The second-order valence-electron chi connectivity index (χ2n) is 4.23. The third kappa shape index (κ3) is 5.90. The number of hydrogen-bond acceptors (Lipinski definition) is 4. The summed E-state index contributed by atoms with van der Waals surface area (Å²) in [5.41, 5.74) is 6.44. The van der Waals surface area contributed by atoms with Gasteiger partial charge in [0.05, 0.1) is 11.7 Å². The minimum atomic E-state index is -3.06. The van der Waals surface area contributed by atoms with E-state index in [2.05, 4.69) is 5.32 Å². The second-order valence-corrected chi connectivity index (χ2v) is 6.70. The van der Waals surface area contributed by atoms with Crippen molar-refractivity contribution in [3.8, 4) is 0 Å². The molecule has 1 unspecified atom stereocenters. The number of carbonyl (C=O) groups excluding carboxylic acids is 1. The number of halogens is 1. The maximum Gasteiger partial charge on any atom is 0.228 e. The first kappa shape index (κ1) is 18.9. The first-order valence-electron chi connectivity index (χ1n) is 6.23. The third-order valence-corrected chi connectivity index (χ3v) is 4.61. The highest BCUT2D eigenvalue weighted by Gasteiger charge is 2.18. The van der Waals surface area contributed by atoms with Gasteiger partial charge in [0, 0.05) is 18.8 Å². The Morgan fingerprint density at radius 1 is 1.30 bits per heavy atom. The van der Waals surface area contributed by atoms with Crippen LogP contribution in [0.4, 0.5) is 0 Å². The van der Waals surface area contributed by atoms with E-state index in [0.29, 0.717) is 0 Å². The summed E-state index contributed by atoms with van der Waals surface area (Å²) in [5.74, 6) is -0.631. The number of nitrogens with one attached hydrogen (secondary N) is 1. The number of nitrogens with two attached hydrogens (primary N) is 1. The predicted molar refractivity (Wildman–Crippen MR) is 82.8 cm³/mol. The fourth-order valence-electron chi connectivity index (χ4n) is 1.68. The third-order valence-electron chi connectivity index (χ3n) is 2.91. The van der Waals surface area contributed by atoms with E-state index in [9.17, 15) is 13.2 Å². The monoisotopic (exact) mass is 320 g/mol. The molecule has 114 valence electrons. The number of carbonyl (C=O) groups is 1. The molecule has 0 aromatic heterocycles. The zero-order valence-corrected chi connectivity index (χ0v) is 13.0. The minimum Gasteiger partial charge on any atom is -0.355 e. The van der Waals surface area contributed by atoms with Gasteiger partial charge in [-0.15, -0.1) is 12.4 Å². The van der Waals surface area contributed by atoms with Gasteiger partial charge in [-0.1, -0.05) is 37.3 Å². The molecule has 1 atom stereocenters. The van der Waals surface area contributed by atoms with Crippen molar-refractivity contribution in [2.45, 2.75) is 12.8 Å². The Kier molecular flexibility index (Phi) is 8.45. The number of hydrogen-bond donors (Lipinski definition) is 2. The van der Waals surface area contributed by atoms with Gasteiger partial charge < -0.3 is 11.1 Å². The summed E-state index contributed by atoms with van der Waals surface area (Å²) < 4.78 is 22.6. The molecule has 5 nitrogen and oxygen atoms in total. The Labute approximate surface area is 126 Å². The Morgan fingerprint density at radius 2 is 1.90 bits per heavy atom. The molecule has 0 aliphatic heterocycles. The summed E-state index contributed by atoms with van der Waals surface area (Å²) in [4.78, 5) is 12.0. The van der Waals surface area contributed by atoms with Gasteiger partial charge >= 0.3 is 0 Å². The zero-order chi connectivity index (χ0) is 14.3. The molecule has 0 fully saturated rings. The highest BCUT2D eigenvalue weighted by molar-refractivity contribution is 7.91. The molecule has 0 radical (unpaired) electrons. The van der Waals surface area contributed by atoms with E-state index in [1.807, 2.05) is 30.3 Å². The second kappa shape index (κ2) is 8.94. The molecule has 3 N–H and O–H groups in total. The molecular formula is C13H21ClN2O3S. The fourth-order valence-corrected chi connectivity index (χ4v) is 2.38. The van der Waals surface area contributed by atoms with Crippen molar-refractivity contribution in [1.29, 1.82) is 0 Å². The van der Waals surface area contributed by atoms with E-state index in [4.69, 9.17) is 5.73 Å². The fraction of sp³-hybridized carbons (Fsp3) is 0.462. The molecule has 0 saturated carbocycles. The van der Waals surface area contributed by atoms with E-state index in [1.165, 1.54) is 0 Å². The van der Waals surface area contributed by atoms with E-state index in [-0.39, 0.29) is 42.9 Å². The largest absolute Gasteiger partial charge is 0.355 e. The van der Waals surface area contributed by atoms with Crippen LogP contribution in [0.2, 0.25) is 0 Å². The lowest BCUT2D eigenvalue weighted by Crippen LogP contribution is -2.36. The molecule has 0 heterocycles. The molecule has 0 spiro atoms. The summed E-state index contributed by atoms with van der Waals surface area (Å²) in [6, 6.07) is 9.21. The number of amides is 1. The summed E-state index contributed by atoms with van der Waals surface area (Å²) in [7, 11) is -3.06. The molecule has 0 aliphatic rings. The molecule has 1 aromatic rings. The van der Waals surface area contributed by atoms with Crippen molar-refractivity contribution < 1.29 is 13.2 Å². The van der Waals surface area contributed by atoms with Gasteiger partial charge in [-0.2, -0.15) is 0 Å². The molecular weight excluding hydrogens is 300 g/mol. The predicted octanol–water partition coefficient (Wildman–Crippen LogP) is 0.702. The summed E-state index contributed by atoms with van der Waals surface area (Å²) >= 11 is 0. The van der Waals surface area contributed by atoms with Crippen molar-refractivity contribution in [2.75, 3.05) is 24.6 Å². The SMILES string of the molecule is CCS(=O)(=O)CCNC(=O)C(CN)c1ccccc1.Cl. The van der Waals surface area contributed by atoms with Crippen molar-refractivity contribution in [1.82, 2.24) is 5.32 Å². The Morgan fingerprint density at radius 3 is 2.40 bits per heavy atom. The van der Waals surface area contributed by atoms with Gasteiger partial charge in [0.15, 0.2) is 9.84 Å². The van der Waals surface area contributed by atoms with Crippen LogP contribution < -0.4 is 11.1 Å². The highest BCUT2D eigenvalue weighted by atomic mass is 35.5. The van der Waals surface area contributed by atoms with E-state index >= 15 is 0 Å². The number of rotatable bonds is 7. The average Bonchev–Trinajstić information content (AvgIpc) is 2.40. The summed E-state index contributed by atoms with van der Waals surface area (Å²) in [6.07, 6.45) is 0. The molecule has 7 heteroatoms. The molecule has 1 amide bonds. The van der Waals surface area contributed by atoms with Crippen LogP contribution in [0.25, 0.3) is 0 Å². The van der Waals surface area contributed by atoms with Gasteiger partial charge in [0.25, 0.3) is 0 Å². The summed E-state index contributed by atoms with van der Waals surface area (Å²) in [5, 5.41) is 2.62. The van der Waals surface area contributed by atoms with Gasteiger partial charge in [-0.25, -0.2) is 8.42 Å². The van der Waals surface area contributed by atoms with Crippen molar-refractivity contribution in [3.63, 3.8) is 0 Å². The van der Waals surface area contributed by atoms with Crippen LogP contribution >= 0.6 is 12.4 Å². The quantitative estimate of drug-likeness (QED) is 0.774. The maximum absolute atomic E-state index is 12.0. The van der Waals surface area contributed by atoms with Crippen molar-refractivity contribution in [2.24, 2.45) is 5.73 Å². The van der Waals surface area contributed by atoms with Gasteiger partial charge in [-0.05, 0) is 5.56 Å². The lowest BCUT2D eigenvalue weighted by Gasteiger charge is -2.15. The molecule has 0 saturated heterocycles. The van der Waals surface area contributed by atoms with Crippen LogP contribution in [0.15, 0.2) is 30.3 Å². The van der Waals surface area contributed by atoms with Crippen LogP contribution in [0.3, 0.4) is 0 Å². The normalized spacial score (nSPS) is 12.3. The van der Waals surface area contributed by atoms with Crippen LogP contribution in [0, 0.1) is 0 Å². The zero-order valence-electron chi connectivity index (χ0n) is 11.4. The van der Waals surface area contributed by atoms with E-state index in [0.717, 1.165) is 5.56 Å². The van der Waals surface area contributed by atoms with Crippen LogP contribution in [0.5, 0.6) is 0 Å². The molecule has 0 bridgehead atoms. The minimum absolute atomic E-state index is 0. The Hall–Kier alpha value is -1.11. The average molecular weight is 321 g/mol. The van der Waals surface area contributed by atoms with E-state index < -0.39 is 15.8 Å². The first-order chi connectivity index (χ1) is 9.00. The van der Waals surface area contributed by atoms with E-state index in [1.54, 1.807) is 6.92 Å². The molecule has 1 rings (SSSR count). The highest BCUT2D eigenvalue weighted by Crippen LogP contribution is 2.13. The van der Waals surface area contributed by atoms with Crippen molar-refractivity contribution >= 4 is 28.2 Å². The van der Waals surface area contributed by atoms with Crippen molar-refractivity contribution in [3.05, 3.63) is 35.9 Å².